The van der Waals surface area contributed by atoms with Crippen molar-refractivity contribution in [1.29, 1.82) is 0 Å². The fourth-order valence-electron chi connectivity index (χ4n) is 11.0. The van der Waals surface area contributed by atoms with Crippen LogP contribution in [0.3, 0.4) is 0 Å². The highest BCUT2D eigenvalue weighted by Gasteiger charge is 2.23. The van der Waals surface area contributed by atoms with E-state index in [2.05, 4.69) is 67.3 Å². The van der Waals surface area contributed by atoms with Crippen LogP contribution in [0.1, 0.15) is 319 Å². The highest BCUT2D eigenvalue weighted by Crippen LogP contribution is 2.31. The second-order valence-electron chi connectivity index (χ2n) is 29.0. The number of thiazole rings is 9. The van der Waals surface area contributed by atoms with Gasteiger partial charge in [0.2, 0.25) is 35.5 Å². The number of hydrogen-bond donors (Lipinski definition) is 6. The first-order valence-electron chi connectivity index (χ1n) is 42.1. The van der Waals surface area contributed by atoms with Crippen LogP contribution in [0, 0.1) is 74.2 Å². The molecule has 10 heterocycles. The van der Waals surface area contributed by atoms with E-state index in [9.17, 15) is 75.9 Å². The fourth-order valence-corrected chi connectivity index (χ4v) is 19.9. The standard InChI is InChI=1S/C12H17ClN2OS.C11H16ClNOS.C11H15NO2S.C9H11ClN2O2S.C9H13ClN2OS.C9H13FN2OS.C9H12N2O2S.C8H9ClN2O2S.C8H9FN2O2S/c1-9-14-12(13)11(17-9)10(16)5-4-8-15-6-2-3-7-15;1-3-4-5-6-7-9(14)10-11(12)13-8(2)15-10;1-3-9(13)5-4-6-10(14)11-7-12-8(2)15-11;1-5-12-9(10)8(15-5)6(13)3-2-4-7(11)14;2*1-6-12-9(10)8(14-6)7(13)4-3-5-11-2;1-6-11-5-8(14-6)7(12)3-2-4-9(10)13;2*1-4-11-8(9)7(14-4)5(12)2-3-6(10)13/h2-8H2,1H3;3-7H2,1-2H3;7H,3-6H2,1-2H3;2-4H2,1H3,(H2,11,14);2*11H,3-5H2,1-2H3;5H,2-4H2,1H3,(H2,10,13);2*2-3H2,1H3,(H2,10,13). The molecule has 1 aliphatic heterocycles. The molecule has 9 aromatic heterocycles. The summed E-state index contributed by atoms with van der Waals surface area (Å²) in [4.78, 5) is 199. The first-order chi connectivity index (χ1) is 62.3. The van der Waals surface area contributed by atoms with E-state index in [0.29, 0.717) is 130 Å². The molecule has 9 aromatic rings. The zero-order valence-corrected chi connectivity index (χ0v) is 87.2. The van der Waals surface area contributed by atoms with Crippen LogP contribution < -0.4 is 33.6 Å². The number of carbonyl (C=O) groups is 14. The van der Waals surface area contributed by atoms with Crippen LogP contribution >= 0.6 is 160 Å². The predicted octanol–water partition coefficient (Wildman–Crippen LogP) is 20.1. The Balaban J connectivity index is 0.000000503. The van der Waals surface area contributed by atoms with Gasteiger partial charge in [-0.2, -0.15) is 8.78 Å². The van der Waals surface area contributed by atoms with Gasteiger partial charge in [-0.15, -0.1) is 102 Å². The number of ketones is 10. The van der Waals surface area contributed by atoms with Crippen molar-refractivity contribution in [3.63, 3.8) is 0 Å². The maximum absolute atomic E-state index is 13.0. The topological polar surface area (TPSA) is 486 Å². The molecule has 46 heteroatoms. The number of aromatic nitrogens is 9. The smallest absolute Gasteiger partial charge is 0.234 e. The highest BCUT2D eigenvalue weighted by molar-refractivity contribution is 7.16. The molecule has 10 rings (SSSR count). The van der Waals surface area contributed by atoms with E-state index in [1.165, 1.54) is 118 Å². The maximum atomic E-state index is 13.0. The van der Waals surface area contributed by atoms with Crippen molar-refractivity contribution < 1.29 is 75.9 Å². The van der Waals surface area contributed by atoms with Crippen molar-refractivity contribution in [2.24, 2.45) is 22.9 Å². The molecule has 726 valence electrons. The van der Waals surface area contributed by atoms with E-state index in [0.717, 1.165) is 109 Å². The van der Waals surface area contributed by atoms with Gasteiger partial charge in [-0.05, 0) is 167 Å². The third-order valence-electron chi connectivity index (χ3n) is 17.5. The van der Waals surface area contributed by atoms with Gasteiger partial charge in [0.05, 0.1) is 54.8 Å². The van der Waals surface area contributed by atoms with Crippen molar-refractivity contribution in [1.82, 2.24) is 60.4 Å². The van der Waals surface area contributed by atoms with Gasteiger partial charge in [0.15, 0.2) is 77.8 Å². The quantitative estimate of drug-likeness (QED) is 0.0152. The molecule has 132 heavy (non-hydrogen) atoms. The molecule has 30 nitrogen and oxygen atoms in total. The van der Waals surface area contributed by atoms with Crippen LogP contribution in [0.4, 0.5) is 8.78 Å². The number of nitrogens with two attached hydrogens (primary N) is 4. The molecule has 1 fully saturated rings. The van der Waals surface area contributed by atoms with E-state index >= 15 is 0 Å². The van der Waals surface area contributed by atoms with Gasteiger partial charge < -0.3 is 38.5 Å². The molecular formula is C86H115Cl5F2N16O14S9. The number of nitrogens with zero attached hydrogens (tertiary/aromatic N) is 10. The SMILES string of the molecule is CCC(=O)CCCC(=O)c1cnc(C)s1.CCCCCCC(=O)c1sc(C)nc1Cl.CNCCCC(=O)c1sc(C)nc1Cl.CNCCCC(=O)c1sc(C)nc1F.Cc1nc(Cl)c(C(=O)CCC(N)=O)s1.Cc1nc(Cl)c(C(=O)CCCC(N)=O)s1.Cc1nc(Cl)c(C(=O)CCCN2CCCC2)s1.Cc1nc(F)c(C(=O)CCC(N)=O)s1.Cc1ncc(C(=O)CCCC(N)=O)s1. The number of hydrogen-bond acceptors (Lipinski definition) is 35. The van der Waals surface area contributed by atoms with E-state index in [-0.39, 0.29) is 123 Å². The molecule has 0 atom stereocenters. The Morgan fingerprint density at radius 2 is 0.598 bits per heavy atom. The lowest BCUT2D eigenvalue weighted by Crippen LogP contribution is -2.20. The maximum Gasteiger partial charge on any atom is 0.234 e. The van der Waals surface area contributed by atoms with Crippen LogP contribution in [0.25, 0.3) is 0 Å². The van der Waals surface area contributed by atoms with Crippen LogP contribution in [0.2, 0.25) is 25.8 Å². The highest BCUT2D eigenvalue weighted by atomic mass is 35.5. The lowest BCUT2D eigenvalue weighted by molar-refractivity contribution is -0.119. The number of likely N-dealkylation sites (tertiary alicyclic amines) is 1. The van der Waals surface area contributed by atoms with Crippen molar-refractivity contribution in [2.75, 3.05) is 46.8 Å². The lowest BCUT2D eigenvalue weighted by Gasteiger charge is -2.13. The van der Waals surface area contributed by atoms with Crippen LogP contribution in [0.15, 0.2) is 12.4 Å². The largest absolute Gasteiger partial charge is 0.370 e. The van der Waals surface area contributed by atoms with Crippen LogP contribution in [-0.4, -0.2) is 178 Å². The number of unbranched alkanes of at least 4 members (excludes halogenated alkanes) is 3. The molecular weight excluding hydrogens is 1980 g/mol. The number of carbonyl (C=O) groups excluding carboxylic acids is 14. The molecule has 0 unspecified atom stereocenters. The van der Waals surface area contributed by atoms with Gasteiger partial charge >= 0.3 is 0 Å². The van der Waals surface area contributed by atoms with E-state index < -0.39 is 35.4 Å². The number of amides is 4. The van der Waals surface area contributed by atoms with Gasteiger partial charge in [0, 0.05) is 109 Å². The third-order valence-corrected chi connectivity index (χ3v) is 28.4. The zero-order valence-electron chi connectivity index (χ0n) is 76.1. The number of halogens is 7. The molecule has 0 saturated carbocycles. The predicted molar refractivity (Wildman–Crippen MR) is 528 cm³/mol. The number of nitrogens with one attached hydrogen (secondary N) is 2. The summed E-state index contributed by atoms with van der Waals surface area (Å²) in [6.45, 7) is 25.2. The fraction of sp³-hybridized carbons (Fsp3) is 0.523. The van der Waals surface area contributed by atoms with Crippen molar-refractivity contribution in [2.45, 2.75) is 250 Å². The average molecular weight is 2100 g/mol. The lowest BCUT2D eigenvalue weighted by atomic mass is 10.1. The Labute approximate surface area is 829 Å². The zero-order chi connectivity index (χ0) is 99.3. The van der Waals surface area contributed by atoms with Gasteiger partial charge in [0.1, 0.15) is 39.9 Å². The molecule has 1 saturated heterocycles. The summed E-state index contributed by atoms with van der Waals surface area (Å²) >= 11 is 40.6. The molecule has 0 spiro atoms. The van der Waals surface area contributed by atoms with E-state index in [4.69, 9.17) is 80.9 Å². The van der Waals surface area contributed by atoms with Gasteiger partial charge in [0.25, 0.3) is 0 Å². The number of Topliss-reactive ketones (excluding diaryl/α,β-unsaturated/α-hetero) is 10. The number of rotatable bonds is 45. The second-order valence-corrected chi connectivity index (χ2v) is 41.6. The first kappa shape index (κ1) is 121. The van der Waals surface area contributed by atoms with Crippen molar-refractivity contribution >= 4 is 241 Å². The number of aryl methyl sites for hydroxylation is 9. The summed E-state index contributed by atoms with van der Waals surface area (Å²) in [6.07, 6.45) is 19.1. The molecule has 10 N–H and O–H groups in total. The van der Waals surface area contributed by atoms with Crippen LogP contribution in [0.5, 0.6) is 0 Å². The van der Waals surface area contributed by atoms with Gasteiger partial charge in [-0.3, -0.25) is 67.1 Å². The minimum Gasteiger partial charge on any atom is -0.370 e. The summed E-state index contributed by atoms with van der Waals surface area (Å²) in [5.41, 5.74) is 19.7. The minimum absolute atomic E-state index is 0.0243. The van der Waals surface area contributed by atoms with Crippen LogP contribution in [-0.2, 0) is 24.0 Å². The van der Waals surface area contributed by atoms with Gasteiger partial charge in [-0.25, -0.2) is 44.9 Å². The van der Waals surface area contributed by atoms with Gasteiger partial charge in [-0.1, -0.05) is 91.1 Å². The molecule has 1 aliphatic rings. The monoisotopic (exact) mass is 2100 g/mol. The third kappa shape index (κ3) is 50.3. The molecule has 0 aromatic carbocycles. The molecule has 0 radical (unpaired) electrons. The minimum atomic E-state index is -0.762. The summed E-state index contributed by atoms with van der Waals surface area (Å²) in [6, 6.07) is 0. The summed E-state index contributed by atoms with van der Waals surface area (Å²) < 4.78 is 26.0. The molecule has 0 bridgehead atoms. The average Bonchev–Trinajstić information content (AvgIpc) is 1.73. The molecule has 4 amide bonds. The summed E-state index contributed by atoms with van der Waals surface area (Å²) in [7, 11) is 3.69. The number of primary amides is 4. The summed E-state index contributed by atoms with van der Waals surface area (Å²) in [5, 5.41) is 14.4. The Morgan fingerprint density at radius 1 is 0.326 bits per heavy atom. The Morgan fingerprint density at radius 3 is 0.871 bits per heavy atom. The van der Waals surface area contributed by atoms with E-state index in [1.807, 2.05) is 55.6 Å². The second kappa shape index (κ2) is 66.8. The Hall–Kier alpha value is -7.56. The normalized spacial score (nSPS) is 11.1. The Kier molecular flexibility index (Phi) is 61.0. The summed E-state index contributed by atoms with van der Waals surface area (Å²) in [5.74, 6) is -3.30. The molecule has 0 aliphatic carbocycles. The Bertz CT molecular complexity index is 5090. The van der Waals surface area contributed by atoms with E-state index in [1.54, 1.807) is 40.1 Å². The van der Waals surface area contributed by atoms with Crippen molar-refractivity contribution in [3.05, 3.63) is 139 Å². The van der Waals surface area contributed by atoms with Crippen molar-refractivity contribution in [3.8, 4) is 0 Å². The first-order valence-corrected chi connectivity index (χ1v) is 51.3.